The maximum atomic E-state index is 14.0. The number of aromatic nitrogens is 1. The van der Waals surface area contributed by atoms with Crippen molar-refractivity contribution in [2.45, 2.75) is 29.5 Å². The highest BCUT2D eigenvalue weighted by Gasteiger charge is 2.69. The first-order chi connectivity index (χ1) is 21.8. The number of aromatic amines is 1. The van der Waals surface area contributed by atoms with Gasteiger partial charge in [0.15, 0.2) is 6.61 Å². The Balaban J connectivity index is 1.08. The number of carbonyl (C=O) groups is 3. The van der Waals surface area contributed by atoms with E-state index in [1.807, 2.05) is 79.7 Å². The average Bonchev–Trinajstić information content (AvgIpc) is 3.77. The minimum absolute atomic E-state index is 0.00890. The van der Waals surface area contributed by atoms with Crippen LogP contribution in [0.5, 0.6) is 5.75 Å². The lowest BCUT2D eigenvalue weighted by Gasteiger charge is -2.43. The first-order valence-corrected chi connectivity index (χ1v) is 17.4. The average molecular weight is 703 g/mol. The summed E-state index contributed by atoms with van der Waals surface area (Å²) < 4.78 is 6.82. The van der Waals surface area contributed by atoms with Gasteiger partial charge in [0.25, 0.3) is 5.91 Å². The maximum absolute atomic E-state index is 14.0. The molecule has 4 aliphatic rings. The predicted octanol–water partition coefficient (Wildman–Crippen LogP) is 6.20. The number of nitrogens with zero attached hydrogens (tertiary/aromatic N) is 1. The van der Waals surface area contributed by atoms with Gasteiger partial charge in [0.2, 0.25) is 11.8 Å². The van der Waals surface area contributed by atoms with E-state index in [2.05, 4.69) is 26.2 Å². The quantitative estimate of drug-likeness (QED) is 0.232. The van der Waals surface area contributed by atoms with Crippen LogP contribution in [-0.4, -0.2) is 34.6 Å². The number of aryl methyl sites for hydroxylation is 1. The topological polar surface area (TPSA) is 109 Å². The van der Waals surface area contributed by atoms with Crippen molar-refractivity contribution in [3.63, 3.8) is 0 Å². The maximum Gasteiger partial charge on any atom is 0.305 e. The van der Waals surface area contributed by atoms with Crippen LogP contribution in [0.2, 0.25) is 0 Å². The van der Waals surface area contributed by atoms with Gasteiger partial charge in [0.1, 0.15) is 5.75 Å². The van der Waals surface area contributed by atoms with Gasteiger partial charge >= 0.3 is 4.87 Å². The van der Waals surface area contributed by atoms with Crippen molar-refractivity contribution in [1.29, 1.82) is 0 Å². The van der Waals surface area contributed by atoms with E-state index in [0.717, 1.165) is 31.9 Å². The highest BCUT2D eigenvalue weighted by molar-refractivity contribution is 9.10. The number of carbonyl (C=O) groups excluding carboxylic acids is 3. The summed E-state index contributed by atoms with van der Waals surface area (Å²) in [6, 6.07) is 22.6. The van der Waals surface area contributed by atoms with E-state index in [-0.39, 0.29) is 70.0 Å². The van der Waals surface area contributed by atoms with E-state index in [9.17, 15) is 19.2 Å². The minimum Gasteiger partial charge on any atom is -0.484 e. The Bertz CT molecular complexity index is 1910. The number of hydrogen-bond acceptors (Lipinski definition) is 7. The Hall–Kier alpha value is -3.67. The van der Waals surface area contributed by atoms with Crippen LogP contribution in [0.1, 0.15) is 28.3 Å². The molecule has 2 bridgehead atoms. The molecule has 0 spiro atoms. The van der Waals surface area contributed by atoms with Gasteiger partial charge in [-0.1, -0.05) is 57.1 Å². The normalized spacial score (nSPS) is 27.7. The van der Waals surface area contributed by atoms with Gasteiger partial charge in [-0.3, -0.25) is 24.1 Å². The fraction of sp³-hybridized carbons (Fsp3) is 0.294. The minimum atomic E-state index is -0.377. The molecule has 2 N–H and O–H groups in total. The van der Waals surface area contributed by atoms with Crippen LogP contribution in [0, 0.1) is 36.5 Å². The lowest BCUT2D eigenvalue weighted by Crippen LogP contribution is -2.42. The predicted molar refractivity (Wildman–Crippen MR) is 177 cm³/mol. The second-order valence-corrected chi connectivity index (χ2v) is 15.3. The Morgan fingerprint density at radius 1 is 1.00 bits per heavy atom. The zero-order valence-electron chi connectivity index (χ0n) is 24.1. The molecule has 3 aromatic carbocycles. The number of fused-ring (bicyclic) bond motifs is 9. The molecule has 7 atom stereocenters. The highest BCUT2D eigenvalue weighted by atomic mass is 79.9. The summed E-state index contributed by atoms with van der Waals surface area (Å²) in [5, 5.41) is 3.80. The van der Waals surface area contributed by atoms with Gasteiger partial charge in [0, 0.05) is 26.2 Å². The summed E-state index contributed by atoms with van der Waals surface area (Å²) in [4.78, 5) is 58.3. The SMILES string of the molecule is Cc1ccc(NC(=O)COc2cccc([C@@H]3c4sc(=O)[nH]c4S[C@@H]4[C@@H]5C[C@@H]([C@@H]6C(=O)N(c7ccc(Br)cc7)C(=O)[C@@H]56)[C@H]34)c2)cc1. The molecule has 2 aliphatic carbocycles. The van der Waals surface area contributed by atoms with Crippen molar-refractivity contribution >= 4 is 68.1 Å². The number of rotatable bonds is 6. The molecule has 3 fully saturated rings. The first kappa shape index (κ1) is 28.8. The van der Waals surface area contributed by atoms with Crippen molar-refractivity contribution in [3.05, 3.63) is 103 Å². The number of imide groups is 1. The third-order valence-corrected chi connectivity index (χ3v) is 12.8. The van der Waals surface area contributed by atoms with Crippen molar-refractivity contribution in [3.8, 4) is 5.75 Å². The lowest BCUT2D eigenvalue weighted by molar-refractivity contribution is -0.123. The second-order valence-electron chi connectivity index (χ2n) is 12.2. The van der Waals surface area contributed by atoms with E-state index in [0.29, 0.717) is 17.1 Å². The molecule has 2 saturated carbocycles. The molecule has 3 amide bonds. The molecule has 45 heavy (non-hydrogen) atoms. The summed E-state index contributed by atoms with van der Waals surface area (Å²) in [6.07, 6.45) is 0.814. The summed E-state index contributed by atoms with van der Waals surface area (Å²) in [5.41, 5.74) is 3.39. The third kappa shape index (κ3) is 4.78. The number of ether oxygens (including phenoxy) is 1. The van der Waals surface area contributed by atoms with Gasteiger partial charge in [-0.2, -0.15) is 0 Å². The molecule has 0 radical (unpaired) electrons. The summed E-state index contributed by atoms with van der Waals surface area (Å²) in [5.74, 6) is -0.685. The van der Waals surface area contributed by atoms with Crippen LogP contribution in [0.15, 0.2) is 87.1 Å². The molecule has 3 heterocycles. The number of hydrogen-bond donors (Lipinski definition) is 2. The Morgan fingerprint density at radius 3 is 2.49 bits per heavy atom. The molecule has 228 valence electrons. The van der Waals surface area contributed by atoms with Crippen LogP contribution in [0.3, 0.4) is 0 Å². The number of anilines is 2. The molecular formula is C34H28BrN3O5S2. The molecule has 2 aliphatic heterocycles. The smallest absolute Gasteiger partial charge is 0.305 e. The van der Waals surface area contributed by atoms with E-state index >= 15 is 0 Å². The van der Waals surface area contributed by atoms with E-state index in [1.54, 1.807) is 11.8 Å². The molecule has 4 aromatic rings. The first-order valence-electron chi connectivity index (χ1n) is 14.9. The standard InChI is InChI=1S/C34H28BrN3O5S2/c1-16-5-9-19(10-6-16)36-24(39)15-43-21-4-2-3-17(13-21)25-26-22-14-23(29(26)44-31-30(25)45-34(42)37-31)28-27(22)32(40)38(33(28)41)20-11-7-18(35)8-12-20/h2-13,22-23,25-29H,14-15H2,1H3,(H,36,39)(H,37,42)/t22-,23-,25+,26-,27+,28+,29-/m1/s1. The lowest BCUT2D eigenvalue weighted by atomic mass is 9.68. The Morgan fingerprint density at radius 2 is 1.73 bits per heavy atom. The van der Waals surface area contributed by atoms with Gasteiger partial charge < -0.3 is 15.0 Å². The molecule has 11 heteroatoms. The van der Waals surface area contributed by atoms with Crippen LogP contribution >= 0.6 is 39.0 Å². The van der Waals surface area contributed by atoms with E-state index in [1.165, 1.54) is 16.2 Å². The number of amides is 3. The molecule has 8 nitrogen and oxygen atoms in total. The molecule has 8 rings (SSSR count). The number of thiazole rings is 1. The molecule has 1 saturated heterocycles. The van der Waals surface area contributed by atoms with Gasteiger partial charge in [-0.05, 0) is 85.2 Å². The van der Waals surface area contributed by atoms with Gasteiger partial charge in [-0.15, -0.1) is 11.8 Å². The largest absolute Gasteiger partial charge is 0.484 e. The van der Waals surface area contributed by atoms with Gasteiger partial charge in [-0.25, -0.2) is 0 Å². The van der Waals surface area contributed by atoms with Crippen LogP contribution < -0.4 is 19.8 Å². The number of halogens is 1. The zero-order valence-corrected chi connectivity index (χ0v) is 27.3. The third-order valence-electron chi connectivity index (χ3n) is 9.73. The van der Waals surface area contributed by atoms with Crippen LogP contribution in [-0.2, 0) is 14.4 Å². The van der Waals surface area contributed by atoms with Crippen LogP contribution in [0.25, 0.3) is 0 Å². The summed E-state index contributed by atoms with van der Waals surface area (Å²) >= 11 is 6.32. The fourth-order valence-electron chi connectivity index (χ4n) is 8.02. The summed E-state index contributed by atoms with van der Waals surface area (Å²) in [6.45, 7) is 1.84. The Kier molecular flexibility index (Phi) is 7.03. The Labute approximate surface area is 275 Å². The van der Waals surface area contributed by atoms with E-state index in [4.69, 9.17) is 4.74 Å². The van der Waals surface area contributed by atoms with Crippen molar-refractivity contribution < 1.29 is 19.1 Å². The number of benzene rings is 3. The second kappa shape index (κ2) is 11.0. The zero-order chi connectivity index (χ0) is 31.0. The monoisotopic (exact) mass is 701 g/mol. The van der Waals surface area contributed by atoms with Gasteiger partial charge in [0.05, 0.1) is 22.5 Å². The number of nitrogens with one attached hydrogen (secondary N) is 2. The molecular weight excluding hydrogens is 674 g/mol. The highest BCUT2D eigenvalue weighted by Crippen LogP contribution is 2.68. The number of H-pyrrole nitrogens is 1. The van der Waals surface area contributed by atoms with E-state index < -0.39 is 0 Å². The van der Waals surface area contributed by atoms with Crippen molar-refractivity contribution in [1.82, 2.24) is 4.98 Å². The van der Waals surface area contributed by atoms with Crippen molar-refractivity contribution in [2.24, 2.45) is 29.6 Å². The summed E-state index contributed by atoms with van der Waals surface area (Å²) in [7, 11) is 0. The molecule has 1 aromatic heterocycles. The van der Waals surface area contributed by atoms with Crippen LogP contribution in [0.4, 0.5) is 11.4 Å². The fourth-order valence-corrected chi connectivity index (χ4v) is 11.2. The number of thioether (sulfide) groups is 1. The molecule has 0 unspecified atom stereocenters. The van der Waals surface area contributed by atoms with Crippen molar-refractivity contribution in [2.75, 3.05) is 16.8 Å².